The molecule has 0 unspecified atom stereocenters. The van der Waals surface area contributed by atoms with Gasteiger partial charge in [-0.2, -0.15) is 0 Å². The van der Waals surface area contributed by atoms with Crippen molar-refractivity contribution in [1.29, 1.82) is 0 Å². The molecule has 12 aromatic rings. The van der Waals surface area contributed by atoms with Crippen molar-refractivity contribution in [2.45, 2.75) is 0 Å². The predicted octanol–water partition coefficient (Wildman–Crippen LogP) is 15.8. The molecule has 0 aliphatic heterocycles. The first kappa shape index (κ1) is 33.3. The van der Waals surface area contributed by atoms with Crippen LogP contribution in [0.2, 0.25) is 0 Å². The van der Waals surface area contributed by atoms with Gasteiger partial charge in [0, 0.05) is 43.7 Å². The Morgan fingerprint density at radius 2 is 0.949 bits per heavy atom. The maximum atomic E-state index is 6.14. The van der Waals surface area contributed by atoms with Gasteiger partial charge < -0.3 is 13.9 Å². The van der Waals surface area contributed by atoms with Crippen LogP contribution in [0.1, 0.15) is 0 Å². The van der Waals surface area contributed by atoms with Crippen LogP contribution in [0.4, 0.5) is 17.1 Å². The summed E-state index contributed by atoms with van der Waals surface area (Å²) in [5.74, 6) is 0. The Balaban J connectivity index is 1.02. The van der Waals surface area contributed by atoms with Crippen LogP contribution in [-0.4, -0.2) is 4.57 Å². The highest BCUT2D eigenvalue weighted by atomic mass is 16.3. The Morgan fingerprint density at radius 3 is 1.81 bits per heavy atom. The quantitative estimate of drug-likeness (QED) is 0.169. The van der Waals surface area contributed by atoms with E-state index in [1.54, 1.807) is 0 Å². The molecule has 59 heavy (non-hydrogen) atoms. The molecule has 0 saturated carbocycles. The van der Waals surface area contributed by atoms with E-state index in [4.69, 9.17) is 4.42 Å². The molecule has 0 aliphatic carbocycles. The van der Waals surface area contributed by atoms with E-state index in [0.717, 1.165) is 55.8 Å². The fourth-order valence-electron chi connectivity index (χ4n) is 9.25. The maximum absolute atomic E-state index is 6.14. The summed E-state index contributed by atoms with van der Waals surface area (Å²) >= 11 is 0. The van der Waals surface area contributed by atoms with Crippen LogP contribution < -0.4 is 4.90 Å². The normalized spacial score (nSPS) is 11.7. The number of para-hydroxylation sites is 3. The fraction of sp³-hybridized carbons (Fsp3) is 0. The van der Waals surface area contributed by atoms with Gasteiger partial charge in [0.25, 0.3) is 0 Å². The largest absolute Gasteiger partial charge is 0.456 e. The van der Waals surface area contributed by atoms with E-state index in [2.05, 4.69) is 216 Å². The second-order valence-electron chi connectivity index (χ2n) is 15.3. The molecule has 3 heteroatoms. The number of fused-ring (bicyclic) bond motifs is 8. The summed E-state index contributed by atoms with van der Waals surface area (Å²) in [6, 6.07) is 78.9. The molecule has 2 heterocycles. The first-order valence-electron chi connectivity index (χ1n) is 20.2. The van der Waals surface area contributed by atoms with Crippen molar-refractivity contribution in [1.82, 2.24) is 4.57 Å². The van der Waals surface area contributed by atoms with Gasteiger partial charge >= 0.3 is 0 Å². The Kier molecular flexibility index (Phi) is 7.54. The van der Waals surface area contributed by atoms with E-state index < -0.39 is 0 Å². The van der Waals surface area contributed by atoms with E-state index in [0.29, 0.717) is 0 Å². The molecule has 0 N–H and O–H groups in total. The molecule has 0 saturated heterocycles. The predicted molar refractivity (Wildman–Crippen MR) is 249 cm³/mol. The monoisotopic (exact) mass is 752 g/mol. The SMILES string of the molecule is c1ccc(-n2c3ccccc3c3cc(-c4ccc(N(c5ccc(-c6ccc7oc8ccccc8c7c6)cc5)c5cccc6ccccc56)c5ccccc45)ccc32)cc1. The summed E-state index contributed by atoms with van der Waals surface area (Å²) in [5, 5.41) is 9.56. The highest BCUT2D eigenvalue weighted by Gasteiger charge is 2.20. The van der Waals surface area contributed by atoms with E-state index in [9.17, 15) is 0 Å². The molecule has 0 radical (unpaired) electrons. The summed E-state index contributed by atoms with van der Waals surface area (Å²) in [7, 11) is 0. The Labute approximate surface area is 341 Å². The standard InChI is InChI=1S/C56H36N2O/c1-2-15-41(16-3-1)57-52-22-10-8-20-47(52)49-36-40(27-32-54(49)57)43-31-33-53(46-19-7-6-18-45(43)46)58(51-23-12-14-38-13-4-5-17-44(38)51)42-29-25-37(26-30-42)39-28-34-56-50(35-39)48-21-9-11-24-55(48)59-56/h1-36H. The fourth-order valence-corrected chi connectivity index (χ4v) is 9.25. The lowest BCUT2D eigenvalue weighted by Gasteiger charge is -2.29. The average molecular weight is 753 g/mol. The molecule has 0 spiro atoms. The second-order valence-corrected chi connectivity index (χ2v) is 15.3. The van der Waals surface area contributed by atoms with Gasteiger partial charge in [-0.1, -0.05) is 146 Å². The topological polar surface area (TPSA) is 21.3 Å². The van der Waals surface area contributed by atoms with E-state index in [-0.39, 0.29) is 0 Å². The smallest absolute Gasteiger partial charge is 0.135 e. The highest BCUT2D eigenvalue weighted by Crippen LogP contribution is 2.45. The van der Waals surface area contributed by atoms with E-state index in [1.165, 1.54) is 54.5 Å². The zero-order valence-electron chi connectivity index (χ0n) is 32.1. The lowest BCUT2D eigenvalue weighted by atomic mass is 9.95. The summed E-state index contributed by atoms with van der Waals surface area (Å²) in [4.78, 5) is 2.43. The van der Waals surface area contributed by atoms with Crippen molar-refractivity contribution in [2.24, 2.45) is 0 Å². The molecule has 2 aromatic heterocycles. The number of furan rings is 1. The van der Waals surface area contributed by atoms with Crippen molar-refractivity contribution in [3.05, 3.63) is 218 Å². The van der Waals surface area contributed by atoms with Crippen molar-refractivity contribution < 1.29 is 4.42 Å². The minimum Gasteiger partial charge on any atom is -0.456 e. The zero-order valence-corrected chi connectivity index (χ0v) is 32.1. The average Bonchev–Trinajstić information content (AvgIpc) is 3.85. The molecule has 0 amide bonds. The minimum atomic E-state index is 0.905. The van der Waals surface area contributed by atoms with Crippen LogP contribution in [0.15, 0.2) is 223 Å². The van der Waals surface area contributed by atoms with Gasteiger partial charge in [-0.3, -0.25) is 0 Å². The first-order chi connectivity index (χ1) is 29.3. The maximum Gasteiger partial charge on any atom is 0.135 e. The molecule has 0 fully saturated rings. The van der Waals surface area contributed by atoms with Gasteiger partial charge in [0.1, 0.15) is 11.2 Å². The van der Waals surface area contributed by atoms with Crippen molar-refractivity contribution in [2.75, 3.05) is 4.90 Å². The number of anilines is 3. The number of aromatic nitrogens is 1. The van der Waals surface area contributed by atoms with Crippen molar-refractivity contribution in [3.8, 4) is 27.9 Å². The van der Waals surface area contributed by atoms with Gasteiger partial charge in [-0.25, -0.2) is 0 Å². The van der Waals surface area contributed by atoms with Crippen molar-refractivity contribution in [3.63, 3.8) is 0 Å². The van der Waals surface area contributed by atoms with E-state index in [1.807, 2.05) is 12.1 Å². The second kappa shape index (κ2) is 13.4. The molecule has 10 aromatic carbocycles. The highest BCUT2D eigenvalue weighted by molar-refractivity contribution is 6.13. The Bertz CT molecular complexity index is 3550. The number of rotatable bonds is 6. The minimum absolute atomic E-state index is 0.905. The van der Waals surface area contributed by atoms with Crippen LogP contribution in [0.5, 0.6) is 0 Å². The lowest BCUT2D eigenvalue weighted by molar-refractivity contribution is 0.669. The third kappa shape index (κ3) is 5.36. The zero-order chi connectivity index (χ0) is 38.9. The lowest BCUT2D eigenvalue weighted by Crippen LogP contribution is -2.11. The first-order valence-corrected chi connectivity index (χ1v) is 20.2. The van der Waals surface area contributed by atoms with Crippen LogP contribution in [0.3, 0.4) is 0 Å². The summed E-state index contributed by atoms with van der Waals surface area (Å²) in [6.45, 7) is 0. The van der Waals surface area contributed by atoms with Gasteiger partial charge in [-0.15, -0.1) is 0 Å². The van der Waals surface area contributed by atoms with Gasteiger partial charge in [0.2, 0.25) is 0 Å². The number of nitrogens with zero attached hydrogens (tertiary/aromatic N) is 2. The molecule has 0 aliphatic rings. The number of hydrogen-bond acceptors (Lipinski definition) is 2. The number of hydrogen-bond donors (Lipinski definition) is 0. The van der Waals surface area contributed by atoms with E-state index >= 15 is 0 Å². The van der Waals surface area contributed by atoms with Gasteiger partial charge in [0.05, 0.1) is 22.4 Å². The summed E-state index contributed by atoms with van der Waals surface area (Å²) < 4.78 is 8.52. The summed E-state index contributed by atoms with van der Waals surface area (Å²) in [6.07, 6.45) is 0. The van der Waals surface area contributed by atoms with Gasteiger partial charge in [0.15, 0.2) is 0 Å². The van der Waals surface area contributed by atoms with Crippen molar-refractivity contribution >= 4 is 82.4 Å². The third-order valence-electron chi connectivity index (χ3n) is 12.0. The Morgan fingerprint density at radius 1 is 0.339 bits per heavy atom. The van der Waals surface area contributed by atoms with Crippen LogP contribution in [0.25, 0.3) is 93.2 Å². The summed E-state index contributed by atoms with van der Waals surface area (Å²) in [5.41, 5.74) is 13.5. The number of benzene rings is 10. The molecular formula is C56H36N2O. The van der Waals surface area contributed by atoms with Crippen LogP contribution in [0, 0.1) is 0 Å². The Hall–Kier alpha value is -7.88. The molecule has 0 bridgehead atoms. The molecular weight excluding hydrogens is 717 g/mol. The van der Waals surface area contributed by atoms with Crippen LogP contribution >= 0.6 is 0 Å². The molecule has 3 nitrogen and oxygen atoms in total. The third-order valence-corrected chi connectivity index (χ3v) is 12.0. The molecule has 12 rings (SSSR count). The molecule has 0 atom stereocenters. The molecule has 276 valence electrons. The van der Waals surface area contributed by atoms with Gasteiger partial charge in [-0.05, 0) is 106 Å². The van der Waals surface area contributed by atoms with Crippen LogP contribution in [-0.2, 0) is 0 Å².